The molecule has 1 fully saturated rings. The van der Waals surface area contributed by atoms with Gasteiger partial charge in [-0.25, -0.2) is 0 Å². The Morgan fingerprint density at radius 3 is 2.60 bits per heavy atom. The van der Waals surface area contributed by atoms with Crippen molar-refractivity contribution in [1.29, 1.82) is 0 Å². The predicted molar refractivity (Wildman–Crippen MR) is 120 cm³/mol. The maximum atomic E-state index is 12.8. The fourth-order valence-corrected chi connectivity index (χ4v) is 3.80. The van der Waals surface area contributed by atoms with E-state index in [9.17, 15) is 9.59 Å². The molecule has 0 saturated carbocycles. The molecule has 0 radical (unpaired) electrons. The van der Waals surface area contributed by atoms with Crippen LogP contribution in [0.15, 0.2) is 48.5 Å². The average Bonchev–Trinajstić information content (AvgIpc) is 3.19. The van der Waals surface area contributed by atoms with E-state index in [4.69, 9.17) is 4.74 Å². The lowest BCUT2D eigenvalue weighted by atomic mass is 10.0. The first kappa shape index (κ1) is 21.7. The van der Waals surface area contributed by atoms with E-state index in [1.807, 2.05) is 55.5 Å². The number of rotatable bonds is 9. The molecule has 30 heavy (non-hydrogen) atoms. The number of benzene rings is 2. The minimum absolute atomic E-state index is 0.00830. The number of carbonyl (C=O) groups is 2. The van der Waals surface area contributed by atoms with Crippen LogP contribution in [-0.2, 0) is 9.59 Å². The molecule has 0 aromatic heterocycles. The van der Waals surface area contributed by atoms with Crippen molar-refractivity contribution in [2.75, 3.05) is 23.9 Å². The number of carbonyl (C=O) groups excluding carboxylic acids is 2. The molecular weight excluding hydrogens is 378 g/mol. The van der Waals surface area contributed by atoms with Crippen molar-refractivity contribution in [3.05, 3.63) is 54.1 Å². The Hall–Kier alpha value is -3.02. The fraction of sp³-hybridized carbons (Fsp3) is 0.417. The van der Waals surface area contributed by atoms with Gasteiger partial charge in [-0.15, -0.1) is 0 Å². The minimum atomic E-state index is -0.419. The normalized spacial score (nSPS) is 15.6. The maximum absolute atomic E-state index is 12.8. The minimum Gasteiger partial charge on any atom is -0.494 e. The Morgan fingerprint density at radius 2 is 1.97 bits per heavy atom. The van der Waals surface area contributed by atoms with Crippen LogP contribution in [0, 0.1) is 0 Å². The van der Waals surface area contributed by atoms with Crippen LogP contribution in [0.1, 0.15) is 51.1 Å². The van der Waals surface area contributed by atoms with E-state index in [0.29, 0.717) is 18.7 Å². The standard InChI is InChI=1S/C24H31N3O3/c1-4-9-20(18-10-6-5-7-11-18)26-24(29)17(2)25-19-13-14-21(22(16-19)30-3)27-15-8-12-23(27)28/h5-7,10-11,13-14,16-17,20,25H,4,8-9,12,15H2,1-3H3,(H,26,29)/t17-,20+/m0/s1. The van der Waals surface area contributed by atoms with Gasteiger partial charge in [0.15, 0.2) is 0 Å². The van der Waals surface area contributed by atoms with Crippen molar-refractivity contribution in [2.45, 2.75) is 51.6 Å². The van der Waals surface area contributed by atoms with Crippen molar-refractivity contribution in [3.8, 4) is 5.75 Å². The summed E-state index contributed by atoms with van der Waals surface area (Å²) in [7, 11) is 1.59. The molecule has 160 valence electrons. The van der Waals surface area contributed by atoms with Gasteiger partial charge < -0.3 is 20.3 Å². The Balaban J connectivity index is 1.67. The zero-order valence-corrected chi connectivity index (χ0v) is 18.0. The number of anilines is 2. The first-order valence-electron chi connectivity index (χ1n) is 10.6. The van der Waals surface area contributed by atoms with Crippen LogP contribution in [0.2, 0.25) is 0 Å². The summed E-state index contributed by atoms with van der Waals surface area (Å²) in [4.78, 5) is 26.6. The molecular formula is C24H31N3O3. The topological polar surface area (TPSA) is 70.7 Å². The lowest BCUT2D eigenvalue weighted by molar-refractivity contribution is -0.122. The van der Waals surface area contributed by atoms with Crippen molar-refractivity contribution in [3.63, 3.8) is 0 Å². The predicted octanol–water partition coefficient (Wildman–Crippen LogP) is 4.28. The molecule has 0 aliphatic carbocycles. The molecule has 1 heterocycles. The third kappa shape index (κ3) is 5.12. The lowest BCUT2D eigenvalue weighted by Crippen LogP contribution is -2.39. The van der Waals surface area contributed by atoms with Gasteiger partial charge >= 0.3 is 0 Å². The van der Waals surface area contributed by atoms with Gasteiger partial charge in [0.2, 0.25) is 11.8 Å². The third-order valence-electron chi connectivity index (χ3n) is 5.42. The van der Waals surface area contributed by atoms with Gasteiger partial charge in [0.1, 0.15) is 11.8 Å². The molecule has 1 aliphatic rings. The number of hydrogen-bond acceptors (Lipinski definition) is 4. The second kappa shape index (κ2) is 10.1. The molecule has 0 unspecified atom stereocenters. The molecule has 3 rings (SSSR count). The van der Waals surface area contributed by atoms with E-state index in [-0.39, 0.29) is 17.9 Å². The fourth-order valence-electron chi connectivity index (χ4n) is 3.80. The summed E-state index contributed by atoms with van der Waals surface area (Å²) in [6, 6.07) is 15.2. The summed E-state index contributed by atoms with van der Waals surface area (Å²) in [5, 5.41) is 6.41. The molecule has 0 spiro atoms. The molecule has 1 saturated heterocycles. The second-order valence-electron chi connectivity index (χ2n) is 7.66. The number of nitrogens with zero attached hydrogens (tertiary/aromatic N) is 1. The van der Waals surface area contributed by atoms with Gasteiger partial charge in [-0.3, -0.25) is 9.59 Å². The van der Waals surface area contributed by atoms with E-state index in [0.717, 1.165) is 36.2 Å². The Bertz CT molecular complexity index is 869. The Morgan fingerprint density at radius 1 is 1.20 bits per heavy atom. The molecule has 2 aromatic carbocycles. The monoisotopic (exact) mass is 409 g/mol. The molecule has 6 heteroatoms. The zero-order valence-electron chi connectivity index (χ0n) is 18.0. The Labute approximate surface area is 178 Å². The number of methoxy groups -OCH3 is 1. The summed E-state index contributed by atoms with van der Waals surface area (Å²) in [5.74, 6) is 0.677. The van der Waals surface area contributed by atoms with Crippen molar-refractivity contribution in [1.82, 2.24) is 5.32 Å². The molecule has 0 bridgehead atoms. The van der Waals surface area contributed by atoms with Crippen LogP contribution in [-0.4, -0.2) is 31.5 Å². The second-order valence-corrected chi connectivity index (χ2v) is 7.66. The van der Waals surface area contributed by atoms with Gasteiger partial charge in [0, 0.05) is 24.7 Å². The van der Waals surface area contributed by atoms with E-state index >= 15 is 0 Å². The molecule has 2 aromatic rings. The quantitative estimate of drug-likeness (QED) is 0.649. The highest BCUT2D eigenvalue weighted by Gasteiger charge is 2.25. The summed E-state index contributed by atoms with van der Waals surface area (Å²) in [6.45, 7) is 4.66. The van der Waals surface area contributed by atoms with Crippen molar-refractivity contribution in [2.24, 2.45) is 0 Å². The SMILES string of the molecule is CCC[C@@H](NC(=O)[C@H](C)Nc1ccc(N2CCCC2=O)c(OC)c1)c1ccccc1. The van der Waals surface area contributed by atoms with Gasteiger partial charge in [-0.2, -0.15) is 0 Å². The van der Waals surface area contributed by atoms with Crippen molar-refractivity contribution >= 4 is 23.2 Å². The largest absolute Gasteiger partial charge is 0.494 e. The third-order valence-corrected chi connectivity index (χ3v) is 5.42. The number of ether oxygens (including phenoxy) is 1. The maximum Gasteiger partial charge on any atom is 0.242 e. The highest BCUT2D eigenvalue weighted by molar-refractivity contribution is 5.97. The summed E-state index contributed by atoms with van der Waals surface area (Å²) in [5.41, 5.74) is 2.66. The molecule has 2 amide bonds. The highest BCUT2D eigenvalue weighted by Crippen LogP contribution is 2.34. The lowest BCUT2D eigenvalue weighted by Gasteiger charge is -2.23. The zero-order chi connectivity index (χ0) is 21.5. The van der Waals surface area contributed by atoms with Gasteiger partial charge in [0.25, 0.3) is 0 Å². The molecule has 6 nitrogen and oxygen atoms in total. The van der Waals surface area contributed by atoms with Crippen molar-refractivity contribution < 1.29 is 14.3 Å². The molecule has 2 atom stereocenters. The van der Waals surface area contributed by atoms with Crippen LogP contribution >= 0.6 is 0 Å². The number of hydrogen-bond donors (Lipinski definition) is 2. The van der Waals surface area contributed by atoms with E-state index < -0.39 is 6.04 Å². The first-order chi connectivity index (χ1) is 14.5. The van der Waals surface area contributed by atoms with E-state index in [1.165, 1.54) is 0 Å². The number of amides is 2. The average molecular weight is 410 g/mol. The summed E-state index contributed by atoms with van der Waals surface area (Å²) >= 11 is 0. The van der Waals surface area contributed by atoms with Crippen LogP contribution in [0.5, 0.6) is 5.75 Å². The summed E-state index contributed by atoms with van der Waals surface area (Å²) in [6.07, 6.45) is 3.30. The van der Waals surface area contributed by atoms with E-state index in [2.05, 4.69) is 17.6 Å². The smallest absolute Gasteiger partial charge is 0.242 e. The first-order valence-corrected chi connectivity index (χ1v) is 10.6. The van der Waals surface area contributed by atoms with Crippen LogP contribution in [0.4, 0.5) is 11.4 Å². The number of nitrogens with one attached hydrogen (secondary N) is 2. The van der Waals surface area contributed by atoms with Crippen LogP contribution < -0.4 is 20.3 Å². The van der Waals surface area contributed by atoms with Gasteiger partial charge in [-0.05, 0) is 37.5 Å². The van der Waals surface area contributed by atoms with Crippen LogP contribution in [0.25, 0.3) is 0 Å². The summed E-state index contributed by atoms with van der Waals surface area (Å²) < 4.78 is 5.51. The van der Waals surface area contributed by atoms with E-state index in [1.54, 1.807) is 12.0 Å². The molecule has 2 N–H and O–H groups in total. The molecule has 1 aliphatic heterocycles. The highest BCUT2D eigenvalue weighted by atomic mass is 16.5. The Kier molecular flexibility index (Phi) is 7.33. The van der Waals surface area contributed by atoms with Gasteiger partial charge in [-0.1, -0.05) is 43.7 Å². The van der Waals surface area contributed by atoms with Crippen LogP contribution in [0.3, 0.4) is 0 Å². The van der Waals surface area contributed by atoms with Gasteiger partial charge in [0.05, 0.1) is 18.8 Å².